The first-order valence-electron chi connectivity index (χ1n) is 8.41. The van der Waals surface area contributed by atoms with Crippen molar-refractivity contribution in [2.45, 2.75) is 37.0 Å². The number of aromatic nitrogens is 1. The van der Waals surface area contributed by atoms with Crippen LogP contribution in [0.3, 0.4) is 0 Å². The van der Waals surface area contributed by atoms with Crippen molar-refractivity contribution >= 4 is 28.9 Å². The molecule has 0 N–H and O–H groups in total. The summed E-state index contributed by atoms with van der Waals surface area (Å²) in [7, 11) is -11.0. The number of alkyl halides is 6. The molecule has 1 heterocycles. The van der Waals surface area contributed by atoms with Crippen LogP contribution < -0.4 is 4.57 Å². The van der Waals surface area contributed by atoms with Gasteiger partial charge in [0, 0.05) is 39.9 Å². The molecule has 0 aliphatic heterocycles. The van der Waals surface area contributed by atoms with Crippen LogP contribution in [0.1, 0.15) is 12.6 Å². The van der Waals surface area contributed by atoms with Crippen molar-refractivity contribution in [2.24, 2.45) is 0 Å². The second kappa shape index (κ2) is 11.7. The number of halogens is 6. The molecule has 1 rings (SSSR count). The molecule has 0 aliphatic carbocycles. The van der Waals surface area contributed by atoms with Crippen molar-refractivity contribution in [3.8, 4) is 0 Å². The molecule has 18 heteroatoms. The van der Waals surface area contributed by atoms with Crippen molar-refractivity contribution in [1.29, 1.82) is 0 Å². The summed E-state index contributed by atoms with van der Waals surface area (Å²) in [4.78, 5) is 0. The standard InChI is InChI=1S/C12H22NO3Si.C2F6NO4S2/c1-5-12-8-6-7-9-13(12)10-11-17(14-2,15-3)16-4;3-1(4,5)14(10,11)9-15(12,13)2(6,7)8/h6-9H,5,10-11H2,1-4H3;/q+1;-1. The maximum absolute atomic E-state index is 11.4. The van der Waals surface area contributed by atoms with Crippen LogP contribution in [0.15, 0.2) is 24.4 Å². The first kappa shape index (κ1) is 30.7. The van der Waals surface area contributed by atoms with Gasteiger partial charge >= 0.3 is 19.8 Å². The highest BCUT2D eigenvalue weighted by Gasteiger charge is 2.47. The molecule has 0 radical (unpaired) electrons. The summed E-state index contributed by atoms with van der Waals surface area (Å²) in [5.74, 6) is 0. The van der Waals surface area contributed by atoms with Crippen LogP contribution in [0.25, 0.3) is 4.13 Å². The Hall–Kier alpha value is -1.31. The zero-order chi connectivity index (χ0) is 25.4. The van der Waals surface area contributed by atoms with E-state index in [0.29, 0.717) is 0 Å². The molecule has 1 aromatic heterocycles. The summed E-state index contributed by atoms with van der Waals surface area (Å²) in [5, 5.41) is 0. The van der Waals surface area contributed by atoms with Gasteiger partial charge in [0.2, 0.25) is 0 Å². The van der Waals surface area contributed by atoms with Crippen molar-refractivity contribution in [3.05, 3.63) is 34.2 Å². The molecule has 0 saturated carbocycles. The Labute approximate surface area is 182 Å². The van der Waals surface area contributed by atoms with Gasteiger partial charge in [-0.15, -0.1) is 0 Å². The molecule has 0 amide bonds. The van der Waals surface area contributed by atoms with Crippen LogP contribution >= 0.6 is 0 Å². The number of sulfonamides is 2. The highest BCUT2D eigenvalue weighted by atomic mass is 32.3. The zero-order valence-electron chi connectivity index (χ0n) is 17.3. The van der Waals surface area contributed by atoms with E-state index in [-0.39, 0.29) is 0 Å². The molecule has 1 aromatic rings. The molecule has 0 atom stereocenters. The maximum atomic E-state index is 11.4. The quantitative estimate of drug-likeness (QED) is 0.271. The lowest BCUT2D eigenvalue weighted by Gasteiger charge is -2.23. The van der Waals surface area contributed by atoms with E-state index in [4.69, 9.17) is 13.3 Å². The number of aryl methyl sites for hydroxylation is 2. The number of hydrogen-bond donors (Lipinski definition) is 0. The van der Waals surface area contributed by atoms with Crippen LogP contribution in [0, 0.1) is 0 Å². The number of rotatable bonds is 9. The summed E-state index contributed by atoms with van der Waals surface area (Å²) < 4.78 is 128. The SMILES string of the molecule is CCc1cccc[n+]1CC[Si](OC)(OC)OC.O=S(=O)([N-]S(=O)(=O)C(F)(F)F)C(F)(F)F. The van der Waals surface area contributed by atoms with Crippen LogP contribution in [-0.4, -0.2) is 58.0 Å². The molecule has 0 fully saturated rings. The van der Waals surface area contributed by atoms with E-state index in [1.807, 2.05) is 6.07 Å². The van der Waals surface area contributed by atoms with E-state index < -0.39 is 39.9 Å². The Morgan fingerprint density at radius 1 is 0.906 bits per heavy atom. The lowest BCUT2D eigenvalue weighted by atomic mass is 10.3. The van der Waals surface area contributed by atoms with E-state index >= 15 is 0 Å². The first-order valence-corrected chi connectivity index (χ1v) is 13.2. The Balaban J connectivity index is 0.000000607. The van der Waals surface area contributed by atoms with E-state index in [1.54, 1.807) is 21.3 Å². The summed E-state index contributed by atoms with van der Waals surface area (Å²) in [6.45, 7) is 3.01. The topological polar surface area (TPSA) is 114 Å². The van der Waals surface area contributed by atoms with Crippen LogP contribution in [0.4, 0.5) is 26.3 Å². The largest absolute Gasteiger partial charge is 0.506 e. The molecule has 0 spiro atoms. The third-order valence-electron chi connectivity index (χ3n) is 3.77. The Bertz CT molecular complexity index is 885. The predicted molar refractivity (Wildman–Crippen MR) is 101 cm³/mol. The molecule has 0 aromatic carbocycles. The lowest BCUT2D eigenvalue weighted by Crippen LogP contribution is -2.48. The van der Waals surface area contributed by atoms with E-state index in [0.717, 1.165) is 23.1 Å². The van der Waals surface area contributed by atoms with E-state index in [2.05, 4.69) is 29.8 Å². The van der Waals surface area contributed by atoms with Gasteiger partial charge in [-0.05, 0) is 0 Å². The highest BCUT2D eigenvalue weighted by Crippen LogP contribution is 2.36. The Morgan fingerprint density at radius 2 is 1.34 bits per heavy atom. The van der Waals surface area contributed by atoms with Crippen LogP contribution in [0.2, 0.25) is 6.04 Å². The molecular weight excluding hydrogens is 514 g/mol. The minimum Gasteiger partial charge on any atom is -0.421 e. The molecule has 188 valence electrons. The molecular formula is C14H22F6N2O7S2Si. The van der Waals surface area contributed by atoms with E-state index in [9.17, 15) is 43.2 Å². The molecule has 0 saturated heterocycles. The van der Waals surface area contributed by atoms with Gasteiger partial charge in [-0.2, -0.15) is 26.3 Å². The summed E-state index contributed by atoms with van der Waals surface area (Å²) in [6.07, 6.45) is 3.10. The van der Waals surface area contributed by atoms with Crippen molar-refractivity contribution in [3.63, 3.8) is 0 Å². The third-order valence-corrected chi connectivity index (χ3v) is 9.21. The van der Waals surface area contributed by atoms with Crippen LogP contribution in [-0.2, 0) is 46.3 Å². The molecule has 0 bridgehead atoms. The lowest BCUT2D eigenvalue weighted by molar-refractivity contribution is -0.701. The van der Waals surface area contributed by atoms with Crippen molar-refractivity contribution in [1.82, 2.24) is 0 Å². The molecule has 0 aliphatic rings. The smallest absolute Gasteiger partial charge is 0.421 e. The van der Waals surface area contributed by atoms with Gasteiger partial charge in [-0.1, -0.05) is 13.0 Å². The number of nitrogens with zero attached hydrogens (tertiary/aromatic N) is 2. The zero-order valence-corrected chi connectivity index (χ0v) is 19.9. The van der Waals surface area contributed by atoms with Gasteiger partial charge < -0.3 is 17.4 Å². The highest BCUT2D eigenvalue weighted by molar-refractivity contribution is 8.13. The summed E-state index contributed by atoms with van der Waals surface area (Å²) >= 11 is 0. The Morgan fingerprint density at radius 3 is 1.69 bits per heavy atom. The van der Waals surface area contributed by atoms with E-state index in [1.165, 1.54) is 5.69 Å². The maximum Gasteiger partial charge on any atom is 0.506 e. The third kappa shape index (κ3) is 8.56. The average molecular weight is 537 g/mol. The average Bonchev–Trinajstić information content (AvgIpc) is 2.68. The fourth-order valence-electron chi connectivity index (χ4n) is 2.08. The second-order valence-electron chi connectivity index (χ2n) is 5.70. The fourth-order valence-corrected chi connectivity index (χ4v) is 5.41. The van der Waals surface area contributed by atoms with Crippen LogP contribution in [0.5, 0.6) is 0 Å². The molecule has 0 unspecified atom stereocenters. The summed E-state index contributed by atoms with van der Waals surface area (Å²) in [6, 6.07) is 7.01. The van der Waals surface area contributed by atoms with Crippen molar-refractivity contribution in [2.75, 3.05) is 21.3 Å². The second-order valence-corrected chi connectivity index (χ2v) is 12.2. The van der Waals surface area contributed by atoms with Crippen molar-refractivity contribution < 1.29 is 61.0 Å². The normalized spacial score (nSPS) is 13.4. The molecule has 32 heavy (non-hydrogen) atoms. The van der Waals surface area contributed by atoms with Gasteiger partial charge in [0.25, 0.3) is 0 Å². The molecule has 9 nitrogen and oxygen atoms in total. The Kier molecular flexibility index (Phi) is 11.2. The van der Waals surface area contributed by atoms with Gasteiger partial charge in [0.1, 0.15) is 0 Å². The first-order chi connectivity index (χ1) is 14.4. The fraction of sp³-hybridized carbons (Fsp3) is 0.643. The van der Waals surface area contributed by atoms with Gasteiger partial charge in [0.15, 0.2) is 38.5 Å². The van der Waals surface area contributed by atoms with Gasteiger partial charge in [-0.25, -0.2) is 21.4 Å². The minimum atomic E-state index is -6.72. The number of hydrogen-bond acceptors (Lipinski definition) is 7. The van der Waals surface area contributed by atoms with Gasteiger partial charge in [-0.3, -0.25) is 0 Å². The summed E-state index contributed by atoms with van der Waals surface area (Å²) in [5.41, 5.74) is -11.1. The number of pyridine rings is 1. The van der Waals surface area contributed by atoms with Gasteiger partial charge in [0.05, 0.1) is 6.04 Å². The predicted octanol–water partition coefficient (Wildman–Crippen LogP) is 2.47. The minimum absolute atomic E-state index is 0.776. The monoisotopic (exact) mass is 536 g/mol.